The highest BCUT2D eigenvalue weighted by molar-refractivity contribution is 7.21. The molecule has 2 N–H and O–H groups in total. The molecule has 0 unspecified atom stereocenters. The third-order valence-corrected chi connectivity index (χ3v) is 5.86. The highest BCUT2D eigenvalue weighted by Crippen LogP contribution is 2.34. The maximum Gasteiger partial charge on any atom is 0.325 e. The molecule has 1 heterocycles. The van der Waals surface area contributed by atoms with Crippen molar-refractivity contribution in [1.82, 2.24) is 10.6 Å². The number of ether oxygens (including phenoxy) is 2. The van der Waals surface area contributed by atoms with Crippen LogP contribution in [-0.2, 0) is 14.3 Å². The topological polar surface area (TPSA) is 93.7 Å². The summed E-state index contributed by atoms with van der Waals surface area (Å²) in [5, 5.41) is 6.18. The summed E-state index contributed by atoms with van der Waals surface area (Å²) in [5.74, 6) is -0.937. The van der Waals surface area contributed by atoms with Crippen LogP contribution in [0.5, 0.6) is 5.75 Å². The van der Waals surface area contributed by atoms with Crippen molar-refractivity contribution in [1.29, 1.82) is 0 Å². The van der Waals surface area contributed by atoms with Crippen LogP contribution < -0.4 is 15.4 Å². The zero-order valence-electron chi connectivity index (χ0n) is 16.8. The molecule has 0 saturated carbocycles. The van der Waals surface area contributed by atoms with Crippen LogP contribution in [0.1, 0.15) is 15.2 Å². The molecule has 3 aromatic rings. The summed E-state index contributed by atoms with van der Waals surface area (Å²) in [6.07, 6.45) is 0. The van der Waals surface area contributed by atoms with Gasteiger partial charge in [0.05, 0.1) is 11.6 Å². The van der Waals surface area contributed by atoms with E-state index in [1.165, 1.54) is 11.3 Å². The van der Waals surface area contributed by atoms with Gasteiger partial charge in [-0.15, -0.1) is 11.3 Å². The fourth-order valence-corrected chi connectivity index (χ4v) is 4.14. The quantitative estimate of drug-likeness (QED) is 0.377. The smallest absolute Gasteiger partial charge is 0.325 e. The van der Waals surface area contributed by atoms with Crippen molar-refractivity contribution in [2.75, 3.05) is 26.3 Å². The number of thiophene rings is 1. The Morgan fingerprint density at radius 1 is 1.06 bits per heavy atom. The molecule has 31 heavy (non-hydrogen) atoms. The number of amides is 2. The summed E-state index contributed by atoms with van der Waals surface area (Å²) in [6, 6.07) is 14.9. The van der Waals surface area contributed by atoms with Crippen LogP contribution in [0.3, 0.4) is 0 Å². The molecule has 0 aliphatic rings. The second-order valence-electron chi connectivity index (χ2n) is 6.60. The van der Waals surface area contributed by atoms with Gasteiger partial charge in [0.2, 0.25) is 0 Å². The number of fused-ring (bicyclic) bond motifs is 1. The molecular formula is C22H21ClN2O5S. The third kappa shape index (κ3) is 6.44. The van der Waals surface area contributed by atoms with E-state index < -0.39 is 24.4 Å². The average Bonchev–Trinajstić information content (AvgIpc) is 3.10. The standard InChI is InChI=1S/C22H21ClN2O5S/c1-14-5-4-6-15(11-14)29-10-9-24-18(26)13-30-19(27)12-25-22(28)21-20(23)16-7-2-3-8-17(16)31-21/h2-8,11H,9-10,12-13H2,1H3,(H,24,26)(H,25,28). The lowest BCUT2D eigenvalue weighted by atomic mass is 10.2. The van der Waals surface area contributed by atoms with Gasteiger partial charge in [-0.1, -0.05) is 41.9 Å². The summed E-state index contributed by atoms with van der Waals surface area (Å²) in [4.78, 5) is 36.2. The molecular weight excluding hydrogens is 440 g/mol. The molecule has 0 atom stereocenters. The molecule has 3 rings (SSSR count). The first-order valence-corrected chi connectivity index (χ1v) is 10.7. The molecule has 9 heteroatoms. The average molecular weight is 461 g/mol. The molecule has 2 amide bonds. The minimum Gasteiger partial charge on any atom is -0.492 e. The molecule has 1 aromatic heterocycles. The zero-order valence-corrected chi connectivity index (χ0v) is 18.3. The molecule has 2 aromatic carbocycles. The SMILES string of the molecule is Cc1cccc(OCCNC(=O)COC(=O)CNC(=O)c2sc3ccccc3c2Cl)c1. The minimum atomic E-state index is -0.725. The number of hydrogen-bond donors (Lipinski definition) is 2. The second kappa shape index (κ2) is 10.8. The number of carbonyl (C=O) groups excluding carboxylic acids is 3. The van der Waals surface area contributed by atoms with Crippen LogP contribution >= 0.6 is 22.9 Å². The van der Waals surface area contributed by atoms with E-state index in [4.69, 9.17) is 21.1 Å². The van der Waals surface area contributed by atoms with Gasteiger partial charge in [0.1, 0.15) is 23.8 Å². The minimum absolute atomic E-state index is 0.269. The third-order valence-electron chi connectivity index (χ3n) is 4.18. The van der Waals surface area contributed by atoms with Crippen LogP contribution in [0.25, 0.3) is 10.1 Å². The van der Waals surface area contributed by atoms with Gasteiger partial charge in [-0.3, -0.25) is 14.4 Å². The number of halogens is 1. The number of esters is 1. The molecule has 0 aliphatic heterocycles. The van der Waals surface area contributed by atoms with E-state index >= 15 is 0 Å². The Morgan fingerprint density at radius 2 is 1.87 bits per heavy atom. The number of nitrogens with one attached hydrogen (secondary N) is 2. The zero-order chi connectivity index (χ0) is 22.2. The van der Waals surface area contributed by atoms with Crippen LogP contribution in [0, 0.1) is 6.92 Å². The van der Waals surface area contributed by atoms with Crippen molar-refractivity contribution in [2.24, 2.45) is 0 Å². The largest absolute Gasteiger partial charge is 0.492 e. The second-order valence-corrected chi connectivity index (χ2v) is 8.03. The van der Waals surface area contributed by atoms with Crippen LogP contribution in [0.15, 0.2) is 48.5 Å². The van der Waals surface area contributed by atoms with Gasteiger partial charge < -0.3 is 20.1 Å². The van der Waals surface area contributed by atoms with Crippen molar-refractivity contribution in [3.8, 4) is 5.75 Å². The summed E-state index contributed by atoms with van der Waals surface area (Å²) in [5.41, 5.74) is 1.08. The molecule has 0 radical (unpaired) electrons. The number of carbonyl (C=O) groups is 3. The Kier molecular flexibility index (Phi) is 7.86. The van der Waals surface area contributed by atoms with E-state index in [1.807, 2.05) is 55.5 Å². The molecule has 0 bridgehead atoms. The lowest BCUT2D eigenvalue weighted by Crippen LogP contribution is -2.35. The maximum atomic E-state index is 12.3. The molecule has 0 fully saturated rings. The number of aryl methyl sites for hydroxylation is 1. The van der Waals surface area contributed by atoms with Gasteiger partial charge >= 0.3 is 5.97 Å². The highest BCUT2D eigenvalue weighted by atomic mass is 35.5. The van der Waals surface area contributed by atoms with Gasteiger partial charge in [-0.05, 0) is 30.7 Å². The Bertz CT molecular complexity index is 1100. The fourth-order valence-electron chi connectivity index (χ4n) is 2.71. The fraction of sp³-hybridized carbons (Fsp3) is 0.227. The molecule has 0 spiro atoms. The number of benzene rings is 2. The lowest BCUT2D eigenvalue weighted by Gasteiger charge is -2.09. The van der Waals surface area contributed by atoms with Crippen molar-refractivity contribution in [2.45, 2.75) is 6.92 Å². The predicted molar refractivity (Wildman–Crippen MR) is 120 cm³/mol. The van der Waals surface area contributed by atoms with Gasteiger partial charge in [0.25, 0.3) is 11.8 Å². The van der Waals surface area contributed by atoms with Gasteiger partial charge in [-0.2, -0.15) is 0 Å². The Hall–Kier alpha value is -3.10. The molecule has 0 saturated heterocycles. The first kappa shape index (κ1) is 22.6. The van der Waals surface area contributed by atoms with E-state index in [0.717, 1.165) is 21.4 Å². The van der Waals surface area contributed by atoms with E-state index in [2.05, 4.69) is 10.6 Å². The molecule has 0 aliphatic carbocycles. The van der Waals surface area contributed by atoms with Crippen LogP contribution in [0.4, 0.5) is 0 Å². The summed E-state index contributed by atoms with van der Waals surface area (Å²) >= 11 is 7.49. The Labute approximate surface area is 188 Å². The highest BCUT2D eigenvalue weighted by Gasteiger charge is 2.18. The maximum absolute atomic E-state index is 12.3. The van der Waals surface area contributed by atoms with Crippen LogP contribution in [0.2, 0.25) is 5.02 Å². The van der Waals surface area contributed by atoms with Gasteiger partial charge in [0.15, 0.2) is 6.61 Å². The lowest BCUT2D eigenvalue weighted by molar-refractivity contribution is -0.147. The predicted octanol–water partition coefficient (Wildman–Crippen LogP) is 3.33. The van der Waals surface area contributed by atoms with Gasteiger partial charge in [0, 0.05) is 10.1 Å². The summed E-state index contributed by atoms with van der Waals surface area (Å²) < 4.78 is 11.3. The summed E-state index contributed by atoms with van der Waals surface area (Å²) in [7, 11) is 0. The van der Waals surface area contributed by atoms with E-state index in [-0.39, 0.29) is 19.7 Å². The molecule has 7 nitrogen and oxygen atoms in total. The monoisotopic (exact) mass is 460 g/mol. The summed E-state index contributed by atoms with van der Waals surface area (Å²) in [6.45, 7) is 1.71. The first-order chi connectivity index (χ1) is 14.9. The van der Waals surface area contributed by atoms with E-state index in [1.54, 1.807) is 0 Å². The Balaban J connectivity index is 1.34. The normalized spacial score (nSPS) is 10.5. The van der Waals surface area contributed by atoms with Crippen LogP contribution in [-0.4, -0.2) is 44.1 Å². The van der Waals surface area contributed by atoms with Crippen molar-refractivity contribution >= 4 is 50.8 Å². The van der Waals surface area contributed by atoms with E-state index in [0.29, 0.717) is 9.90 Å². The molecule has 162 valence electrons. The van der Waals surface area contributed by atoms with Crippen molar-refractivity contribution in [3.05, 3.63) is 64.0 Å². The van der Waals surface area contributed by atoms with E-state index in [9.17, 15) is 14.4 Å². The number of rotatable bonds is 9. The first-order valence-electron chi connectivity index (χ1n) is 9.51. The number of hydrogen-bond acceptors (Lipinski definition) is 6. The van der Waals surface area contributed by atoms with Crippen molar-refractivity contribution < 1.29 is 23.9 Å². The van der Waals surface area contributed by atoms with Gasteiger partial charge in [-0.25, -0.2) is 0 Å². The Morgan fingerprint density at radius 3 is 2.65 bits per heavy atom. The van der Waals surface area contributed by atoms with Crippen molar-refractivity contribution in [3.63, 3.8) is 0 Å².